The zero-order valence-corrected chi connectivity index (χ0v) is 13.6. The van der Waals surface area contributed by atoms with Crippen LogP contribution in [0.5, 0.6) is 0 Å². The van der Waals surface area contributed by atoms with E-state index in [9.17, 15) is 0 Å². The number of aromatic nitrogens is 3. The molecule has 0 saturated heterocycles. The molecule has 4 nitrogen and oxygen atoms in total. The van der Waals surface area contributed by atoms with Gasteiger partial charge in [-0.3, -0.25) is 0 Å². The Bertz CT molecular complexity index is 417. The lowest BCUT2D eigenvalue weighted by Crippen LogP contribution is -2.41. The van der Waals surface area contributed by atoms with Gasteiger partial charge in [-0.2, -0.15) is 0 Å². The van der Waals surface area contributed by atoms with Crippen molar-refractivity contribution in [1.82, 2.24) is 20.1 Å². The lowest BCUT2D eigenvalue weighted by Gasteiger charge is -2.34. The zero-order chi connectivity index (χ0) is 14.6. The van der Waals surface area contributed by atoms with Gasteiger partial charge in [-0.05, 0) is 11.8 Å². The predicted octanol–water partition coefficient (Wildman–Crippen LogP) is 3.48. The standard InChI is InChI=1S/C16H30N4/c1-5-6-7-8-9-10-13-18-19-15-14(16(2,3)4)17-11-12-20(13)15/h14,17H,5-12H2,1-4H3. The van der Waals surface area contributed by atoms with Crippen molar-refractivity contribution < 1.29 is 0 Å². The van der Waals surface area contributed by atoms with Crippen LogP contribution in [0.1, 0.15) is 77.5 Å². The molecular formula is C16H30N4. The maximum Gasteiger partial charge on any atom is 0.150 e. The molecule has 1 aromatic heterocycles. The molecular weight excluding hydrogens is 248 g/mol. The first-order valence-electron chi connectivity index (χ1n) is 8.19. The van der Waals surface area contributed by atoms with Crippen molar-refractivity contribution in [2.75, 3.05) is 6.54 Å². The molecule has 0 bridgehead atoms. The Hall–Kier alpha value is -0.900. The van der Waals surface area contributed by atoms with E-state index in [2.05, 4.69) is 47.8 Å². The van der Waals surface area contributed by atoms with Crippen LogP contribution in [0, 0.1) is 5.41 Å². The fraction of sp³-hybridized carbons (Fsp3) is 0.875. The number of fused-ring (bicyclic) bond motifs is 1. The molecule has 1 unspecified atom stereocenters. The second-order valence-electron chi connectivity index (χ2n) is 7.04. The van der Waals surface area contributed by atoms with Crippen LogP contribution in [0.4, 0.5) is 0 Å². The Morgan fingerprint density at radius 1 is 1.15 bits per heavy atom. The molecule has 114 valence electrons. The molecule has 2 heterocycles. The van der Waals surface area contributed by atoms with Crippen LogP contribution in [0.25, 0.3) is 0 Å². The van der Waals surface area contributed by atoms with Gasteiger partial charge in [-0.15, -0.1) is 10.2 Å². The molecule has 1 aromatic rings. The minimum Gasteiger partial charge on any atom is -0.312 e. The van der Waals surface area contributed by atoms with E-state index >= 15 is 0 Å². The molecule has 1 aliphatic rings. The summed E-state index contributed by atoms with van der Waals surface area (Å²) in [7, 11) is 0. The van der Waals surface area contributed by atoms with Crippen LogP contribution in [-0.2, 0) is 13.0 Å². The molecule has 2 rings (SSSR count). The topological polar surface area (TPSA) is 42.7 Å². The highest BCUT2D eigenvalue weighted by molar-refractivity contribution is 5.08. The first-order valence-corrected chi connectivity index (χ1v) is 8.19. The van der Waals surface area contributed by atoms with Crippen LogP contribution >= 0.6 is 0 Å². The first kappa shape index (κ1) is 15.5. The lowest BCUT2D eigenvalue weighted by molar-refractivity contribution is 0.232. The molecule has 4 heteroatoms. The van der Waals surface area contributed by atoms with Gasteiger partial charge < -0.3 is 9.88 Å². The van der Waals surface area contributed by atoms with Gasteiger partial charge in [0, 0.05) is 19.5 Å². The number of hydrogen-bond donors (Lipinski definition) is 1. The maximum absolute atomic E-state index is 4.47. The largest absolute Gasteiger partial charge is 0.312 e. The molecule has 0 aliphatic carbocycles. The lowest BCUT2D eigenvalue weighted by atomic mass is 9.85. The Morgan fingerprint density at radius 2 is 1.90 bits per heavy atom. The average Bonchev–Trinajstić information content (AvgIpc) is 2.80. The van der Waals surface area contributed by atoms with E-state index in [1.807, 2.05) is 0 Å². The number of rotatable bonds is 6. The van der Waals surface area contributed by atoms with E-state index in [4.69, 9.17) is 0 Å². The highest BCUT2D eigenvalue weighted by Crippen LogP contribution is 2.33. The van der Waals surface area contributed by atoms with Crippen LogP contribution in [-0.4, -0.2) is 21.3 Å². The van der Waals surface area contributed by atoms with E-state index in [0.717, 1.165) is 25.3 Å². The summed E-state index contributed by atoms with van der Waals surface area (Å²) in [6.45, 7) is 11.1. The van der Waals surface area contributed by atoms with Gasteiger partial charge >= 0.3 is 0 Å². The number of nitrogens with one attached hydrogen (secondary N) is 1. The van der Waals surface area contributed by atoms with Crippen molar-refractivity contribution in [2.45, 2.75) is 78.8 Å². The second kappa shape index (κ2) is 6.70. The molecule has 0 amide bonds. The third kappa shape index (κ3) is 3.60. The van der Waals surface area contributed by atoms with Gasteiger partial charge in [0.2, 0.25) is 0 Å². The van der Waals surface area contributed by atoms with Crippen LogP contribution in [0.3, 0.4) is 0 Å². The van der Waals surface area contributed by atoms with Crippen LogP contribution < -0.4 is 5.32 Å². The molecule has 1 aliphatic heterocycles. The molecule has 0 saturated carbocycles. The minimum atomic E-state index is 0.184. The number of aryl methyl sites for hydroxylation is 1. The van der Waals surface area contributed by atoms with Crippen molar-refractivity contribution in [3.63, 3.8) is 0 Å². The van der Waals surface area contributed by atoms with Gasteiger partial charge in [-0.1, -0.05) is 53.4 Å². The smallest absolute Gasteiger partial charge is 0.150 e. The third-order valence-electron chi connectivity index (χ3n) is 4.17. The van der Waals surface area contributed by atoms with E-state index in [1.54, 1.807) is 0 Å². The highest BCUT2D eigenvalue weighted by Gasteiger charge is 2.33. The van der Waals surface area contributed by atoms with Crippen molar-refractivity contribution in [3.8, 4) is 0 Å². The summed E-state index contributed by atoms with van der Waals surface area (Å²) in [6, 6.07) is 0.317. The van der Waals surface area contributed by atoms with Gasteiger partial charge in [0.25, 0.3) is 0 Å². The Morgan fingerprint density at radius 3 is 2.60 bits per heavy atom. The summed E-state index contributed by atoms with van der Waals surface area (Å²) in [5.74, 6) is 2.32. The normalized spacial score (nSPS) is 19.1. The van der Waals surface area contributed by atoms with E-state index in [0.29, 0.717) is 6.04 Å². The average molecular weight is 278 g/mol. The van der Waals surface area contributed by atoms with E-state index < -0.39 is 0 Å². The van der Waals surface area contributed by atoms with Crippen molar-refractivity contribution in [2.24, 2.45) is 5.41 Å². The van der Waals surface area contributed by atoms with Crippen molar-refractivity contribution >= 4 is 0 Å². The first-order chi connectivity index (χ1) is 9.54. The van der Waals surface area contributed by atoms with E-state index in [1.165, 1.54) is 37.9 Å². The van der Waals surface area contributed by atoms with Crippen molar-refractivity contribution in [1.29, 1.82) is 0 Å². The summed E-state index contributed by atoms with van der Waals surface area (Å²) in [5.41, 5.74) is 0.184. The molecule has 20 heavy (non-hydrogen) atoms. The molecule has 0 aromatic carbocycles. The molecule has 0 fully saturated rings. The van der Waals surface area contributed by atoms with Crippen molar-refractivity contribution in [3.05, 3.63) is 11.6 Å². The van der Waals surface area contributed by atoms with Gasteiger partial charge in [-0.25, -0.2) is 0 Å². The zero-order valence-electron chi connectivity index (χ0n) is 13.6. The van der Waals surface area contributed by atoms with E-state index in [-0.39, 0.29) is 5.41 Å². The van der Waals surface area contributed by atoms with Gasteiger partial charge in [0.15, 0.2) is 5.82 Å². The monoisotopic (exact) mass is 278 g/mol. The summed E-state index contributed by atoms with van der Waals surface area (Å²) in [5, 5.41) is 12.5. The van der Waals surface area contributed by atoms with Crippen LogP contribution in [0.15, 0.2) is 0 Å². The number of hydrogen-bond acceptors (Lipinski definition) is 3. The Kier molecular flexibility index (Phi) is 5.19. The third-order valence-corrected chi connectivity index (χ3v) is 4.17. The molecule has 0 radical (unpaired) electrons. The number of unbranched alkanes of at least 4 members (excludes halogenated alkanes) is 4. The number of nitrogens with zero attached hydrogens (tertiary/aromatic N) is 3. The maximum atomic E-state index is 4.47. The van der Waals surface area contributed by atoms with Crippen LogP contribution in [0.2, 0.25) is 0 Å². The summed E-state index contributed by atoms with van der Waals surface area (Å²) < 4.78 is 2.35. The summed E-state index contributed by atoms with van der Waals surface area (Å²) in [4.78, 5) is 0. The second-order valence-corrected chi connectivity index (χ2v) is 7.04. The summed E-state index contributed by atoms with van der Waals surface area (Å²) in [6.07, 6.45) is 7.65. The minimum absolute atomic E-state index is 0.184. The molecule has 0 spiro atoms. The highest BCUT2D eigenvalue weighted by atomic mass is 15.3. The molecule has 1 atom stereocenters. The quantitative estimate of drug-likeness (QED) is 0.810. The van der Waals surface area contributed by atoms with Gasteiger partial charge in [0.1, 0.15) is 5.82 Å². The fourth-order valence-corrected chi connectivity index (χ4v) is 2.98. The Labute approximate surface area is 123 Å². The summed E-state index contributed by atoms with van der Waals surface area (Å²) >= 11 is 0. The predicted molar refractivity (Wildman–Crippen MR) is 82.7 cm³/mol. The SMILES string of the molecule is CCCCCCCc1nnc2n1CCNC2C(C)(C)C. The Balaban J connectivity index is 1.98. The fourth-order valence-electron chi connectivity index (χ4n) is 2.98. The van der Waals surface area contributed by atoms with Gasteiger partial charge in [0.05, 0.1) is 6.04 Å². The molecule has 1 N–H and O–H groups in total.